The lowest BCUT2D eigenvalue weighted by atomic mass is 10.2. The van der Waals surface area contributed by atoms with E-state index in [0.717, 1.165) is 12.3 Å². The van der Waals surface area contributed by atoms with Crippen molar-refractivity contribution in [2.24, 2.45) is 0 Å². The van der Waals surface area contributed by atoms with Crippen molar-refractivity contribution >= 4 is 21.7 Å². The van der Waals surface area contributed by atoms with Crippen LogP contribution in [0.25, 0.3) is 0 Å². The van der Waals surface area contributed by atoms with Crippen LogP contribution < -0.4 is 4.72 Å². The Kier molecular flexibility index (Phi) is 3.66. The molecule has 0 atom stereocenters. The summed E-state index contributed by atoms with van der Waals surface area (Å²) in [5.74, 6) is -2.59. The molecule has 0 bridgehead atoms. The predicted octanol–water partition coefficient (Wildman–Crippen LogP) is 1.72. The summed E-state index contributed by atoms with van der Waals surface area (Å²) in [7, 11) is -4.03. The Bertz CT molecular complexity index is 747. The van der Waals surface area contributed by atoms with Crippen molar-refractivity contribution in [2.75, 3.05) is 4.72 Å². The molecule has 1 heterocycles. The number of aromatic carboxylic acids is 1. The fraction of sp³-hybridized carbons (Fsp3) is 0. The van der Waals surface area contributed by atoms with Gasteiger partial charge < -0.3 is 5.11 Å². The molecule has 1 aromatic heterocycles. The highest BCUT2D eigenvalue weighted by Gasteiger charge is 2.21. The Hall–Kier alpha value is -2.48. The van der Waals surface area contributed by atoms with E-state index in [1.807, 2.05) is 4.72 Å². The van der Waals surface area contributed by atoms with E-state index in [-0.39, 0.29) is 10.6 Å². The van der Waals surface area contributed by atoms with Crippen LogP contribution in [0.5, 0.6) is 0 Å². The van der Waals surface area contributed by atoms with Gasteiger partial charge in [0.25, 0.3) is 10.0 Å². The number of nitrogens with one attached hydrogen (secondary N) is 1. The number of carbonyl (C=O) groups is 1. The molecule has 0 fully saturated rings. The number of nitrogens with zero attached hydrogens (tertiary/aromatic N) is 1. The van der Waals surface area contributed by atoms with Crippen LogP contribution in [0.1, 0.15) is 10.4 Å². The molecule has 6 nitrogen and oxygen atoms in total. The van der Waals surface area contributed by atoms with Crippen LogP contribution in [-0.4, -0.2) is 24.5 Å². The zero-order valence-electron chi connectivity index (χ0n) is 9.95. The van der Waals surface area contributed by atoms with Crippen molar-refractivity contribution in [3.63, 3.8) is 0 Å². The topological polar surface area (TPSA) is 96.4 Å². The average molecular weight is 296 g/mol. The van der Waals surface area contributed by atoms with Crippen molar-refractivity contribution in [3.8, 4) is 0 Å². The Labute approximate surface area is 114 Å². The van der Waals surface area contributed by atoms with Gasteiger partial charge in [-0.15, -0.1) is 0 Å². The molecule has 0 aliphatic heterocycles. The van der Waals surface area contributed by atoms with Gasteiger partial charge >= 0.3 is 5.97 Å². The number of carboxylic acid groups (broad SMARTS) is 1. The van der Waals surface area contributed by atoms with Gasteiger partial charge in [-0.3, -0.25) is 9.71 Å². The highest BCUT2D eigenvalue weighted by molar-refractivity contribution is 7.92. The molecule has 0 saturated carbocycles. The van der Waals surface area contributed by atoms with Gasteiger partial charge in [0.05, 0.1) is 5.69 Å². The normalized spacial score (nSPS) is 11.1. The minimum absolute atomic E-state index is 0.152. The summed E-state index contributed by atoms with van der Waals surface area (Å²) >= 11 is 0. The van der Waals surface area contributed by atoms with Gasteiger partial charge in [0.15, 0.2) is 0 Å². The third-order valence-corrected chi connectivity index (χ3v) is 3.77. The summed E-state index contributed by atoms with van der Waals surface area (Å²) in [6, 6.07) is 6.02. The molecule has 1 aromatic carbocycles. The number of hydrogen-bond donors (Lipinski definition) is 2. The Balaban J connectivity index is 2.46. The van der Waals surface area contributed by atoms with E-state index >= 15 is 0 Å². The van der Waals surface area contributed by atoms with Gasteiger partial charge in [-0.25, -0.2) is 17.6 Å². The van der Waals surface area contributed by atoms with Gasteiger partial charge in [0.2, 0.25) is 0 Å². The van der Waals surface area contributed by atoms with E-state index in [2.05, 4.69) is 4.98 Å². The second-order valence-corrected chi connectivity index (χ2v) is 5.44. The number of sulfonamides is 1. The van der Waals surface area contributed by atoms with Crippen molar-refractivity contribution < 1.29 is 22.7 Å². The standard InChI is InChI=1S/C12H9FN2O4S/c13-9-4-1-5-10(11(9)12(16)17)15-20(18,19)8-3-2-6-14-7-8/h1-7,15H,(H,16,17). The van der Waals surface area contributed by atoms with Crippen molar-refractivity contribution in [1.29, 1.82) is 0 Å². The first-order chi connectivity index (χ1) is 9.42. The van der Waals surface area contributed by atoms with E-state index < -0.39 is 27.4 Å². The SMILES string of the molecule is O=C(O)c1c(F)cccc1NS(=O)(=O)c1cccnc1. The summed E-state index contributed by atoms with van der Waals surface area (Å²) in [5.41, 5.74) is -1.08. The van der Waals surface area contributed by atoms with Gasteiger partial charge in [0.1, 0.15) is 16.3 Å². The van der Waals surface area contributed by atoms with Crippen LogP contribution in [0.15, 0.2) is 47.6 Å². The third kappa shape index (κ3) is 2.75. The monoisotopic (exact) mass is 296 g/mol. The summed E-state index contributed by atoms with van der Waals surface area (Å²) in [6.45, 7) is 0. The van der Waals surface area contributed by atoms with Gasteiger partial charge in [-0.05, 0) is 24.3 Å². The molecule has 2 aromatic rings. The van der Waals surface area contributed by atoms with Gasteiger partial charge in [0, 0.05) is 12.4 Å². The molecule has 0 unspecified atom stereocenters. The number of carboxylic acids is 1. The van der Waals surface area contributed by atoms with Crippen molar-refractivity contribution in [1.82, 2.24) is 4.98 Å². The minimum atomic E-state index is -4.03. The summed E-state index contributed by atoms with van der Waals surface area (Å²) < 4.78 is 39.5. The third-order valence-electron chi connectivity index (χ3n) is 2.42. The number of rotatable bonds is 4. The molecule has 0 radical (unpaired) electrons. The number of halogens is 1. The maximum absolute atomic E-state index is 13.5. The fourth-order valence-corrected chi connectivity index (χ4v) is 2.57. The van der Waals surface area contributed by atoms with E-state index in [9.17, 15) is 17.6 Å². The summed E-state index contributed by atoms with van der Waals surface area (Å²) in [5, 5.41) is 8.93. The molecule has 0 amide bonds. The lowest BCUT2D eigenvalue weighted by Gasteiger charge is -2.10. The Morgan fingerprint density at radius 2 is 2.00 bits per heavy atom. The zero-order chi connectivity index (χ0) is 14.8. The minimum Gasteiger partial charge on any atom is -0.478 e. The first kappa shape index (κ1) is 13.9. The first-order valence-corrected chi connectivity index (χ1v) is 6.85. The molecule has 0 aliphatic carbocycles. The van der Waals surface area contributed by atoms with Crippen molar-refractivity contribution in [3.05, 3.63) is 54.1 Å². The highest BCUT2D eigenvalue weighted by Crippen LogP contribution is 2.22. The van der Waals surface area contributed by atoms with Crippen molar-refractivity contribution in [2.45, 2.75) is 4.90 Å². The molecule has 2 N–H and O–H groups in total. The lowest BCUT2D eigenvalue weighted by Crippen LogP contribution is -2.16. The van der Waals surface area contributed by atoms with Crippen LogP contribution in [0.3, 0.4) is 0 Å². The maximum atomic E-state index is 13.5. The number of aromatic nitrogens is 1. The molecule has 0 saturated heterocycles. The molecule has 8 heteroatoms. The molecule has 104 valence electrons. The van der Waals surface area contributed by atoms with E-state index in [1.54, 1.807) is 0 Å². The smallest absolute Gasteiger partial charge is 0.340 e. The number of pyridine rings is 1. The quantitative estimate of drug-likeness (QED) is 0.895. The van der Waals surface area contributed by atoms with E-state index in [0.29, 0.717) is 0 Å². The second-order valence-electron chi connectivity index (χ2n) is 3.76. The van der Waals surface area contributed by atoms with E-state index in [4.69, 9.17) is 5.11 Å². The second kappa shape index (κ2) is 5.25. The number of benzene rings is 1. The molecular weight excluding hydrogens is 287 g/mol. The summed E-state index contributed by atoms with van der Waals surface area (Å²) in [4.78, 5) is 14.5. The van der Waals surface area contributed by atoms with Crippen LogP contribution in [0.2, 0.25) is 0 Å². The van der Waals surface area contributed by atoms with Crippen LogP contribution >= 0.6 is 0 Å². The molecule has 0 aliphatic rings. The first-order valence-electron chi connectivity index (χ1n) is 5.36. The Morgan fingerprint density at radius 1 is 1.25 bits per heavy atom. The number of hydrogen-bond acceptors (Lipinski definition) is 4. The molecule has 20 heavy (non-hydrogen) atoms. The fourth-order valence-electron chi connectivity index (χ4n) is 1.54. The molecule has 2 rings (SSSR count). The highest BCUT2D eigenvalue weighted by atomic mass is 32.2. The molecular formula is C12H9FN2O4S. The summed E-state index contributed by atoms with van der Waals surface area (Å²) in [6.07, 6.45) is 2.49. The predicted molar refractivity (Wildman–Crippen MR) is 68.4 cm³/mol. The van der Waals surface area contributed by atoms with Crippen LogP contribution in [0.4, 0.5) is 10.1 Å². The van der Waals surface area contributed by atoms with Crippen LogP contribution in [-0.2, 0) is 10.0 Å². The maximum Gasteiger partial charge on any atom is 0.340 e. The van der Waals surface area contributed by atoms with Gasteiger partial charge in [-0.1, -0.05) is 6.07 Å². The Morgan fingerprint density at radius 3 is 2.60 bits per heavy atom. The van der Waals surface area contributed by atoms with Crippen LogP contribution in [0, 0.1) is 5.82 Å². The zero-order valence-corrected chi connectivity index (χ0v) is 10.8. The lowest BCUT2D eigenvalue weighted by molar-refractivity contribution is 0.0693. The average Bonchev–Trinajstić information content (AvgIpc) is 2.39. The molecule has 0 spiro atoms. The van der Waals surface area contributed by atoms with Gasteiger partial charge in [-0.2, -0.15) is 0 Å². The van der Waals surface area contributed by atoms with E-state index in [1.165, 1.54) is 30.5 Å². The largest absolute Gasteiger partial charge is 0.478 e. The number of anilines is 1.